The smallest absolute Gasteiger partial charge is 0.122 e. The molecule has 0 atom stereocenters. The maximum atomic E-state index is 5.80. The highest BCUT2D eigenvalue weighted by molar-refractivity contribution is 5.35. The molecule has 0 amide bonds. The minimum absolute atomic E-state index is 0.797. The van der Waals surface area contributed by atoms with E-state index in [1.54, 1.807) is 0 Å². The Morgan fingerprint density at radius 2 is 1.78 bits per heavy atom. The molecule has 0 saturated heterocycles. The van der Waals surface area contributed by atoms with Gasteiger partial charge in [-0.3, -0.25) is 0 Å². The number of ether oxygens (including phenoxy) is 1. The Morgan fingerprint density at radius 1 is 1.06 bits per heavy atom. The normalized spacial score (nSPS) is 11.3. The zero-order valence-corrected chi connectivity index (χ0v) is 12.4. The van der Waals surface area contributed by atoms with E-state index in [1.165, 1.54) is 11.1 Å². The molecule has 0 saturated carbocycles. The van der Waals surface area contributed by atoms with Gasteiger partial charge in [-0.2, -0.15) is 0 Å². The minimum Gasteiger partial charge on any atom is -0.493 e. The van der Waals surface area contributed by atoms with Crippen molar-refractivity contribution in [2.45, 2.75) is 26.7 Å². The predicted molar refractivity (Wildman–Crippen MR) is 77.0 cm³/mol. The van der Waals surface area contributed by atoms with Crippen molar-refractivity contribution < 1.29 is 4.74 Å². The molecule has 102 valence electrons. The minimum atomic E-state index is 0.797. The predicted octanol–water partition coefficient (Wildman–Crippen LogP) is 2.87. The van der Waals surface area contributed by atoms with Gasteiger partial charge in [-0.15, -0.1) is 0 Å². The van der Waals surface area contributed by atoms with Gasteiger partial charge in [0.15, 0.2) is 0 Å². The van der Waals surface area contributed by atoms with Crippen molar-refractivity contribution >= 4 is 0 Å². The molecule has 0 aliphatic rings. The van der Waals surface area contributed by atoms with Crippen molar-refractivity contribution in [3.63, 3.8) is 0 Å². The molecule has 0 heterocycles. The summed E-state index contributed by atoms with van der Waals surface area (Å²) < 4.78 is 5.80. The maximum absolute atomic E-state index is 5.80. The first-order valence-corrected chi connectivity index (χ1v) is 6.59. The van der Waals surface area contributed by atoms with Crippen molar-refractivity contribution in [3.05, 3.63) is 29.3 Å². The zero-order valence-electron chi connectivity index (χ0n) is 12.4. The first-order chi connectivity index (χ1) is 8.50. The molecule has 1 rings (SSSR count). The van der Waals surface area contributed by atoms with Crippen LogP contribution in [-0.4, -0.2) is 44.3 Å². The first-order valence-electron chi connectivity index (χ1n) is 6.59. The van der Waals surface area contributed by atoms with Gasteiger partial charge in [0.2, 0.25) is 0 Å². The Morgan fingerprint density at radius 3 is 2.39 bits per heavy atom. The Balaban J connectivity index is 2.22. The average Bonchev–Trinajstić information content (AvgIpc) is 2.30. The fourth-order valence-corrected chi connectivity index (χ4v) is 1.79. The third-order valence-corrected chi connectivity index (χ3v) is 3.15. The molecule has 0 bridgehead atoms. The van der Waals surface area contributed by atoms with Crippen LogP contribution < -0.4 is 4.74 Å². The van der Waals surface area contributed by atoms with E-state index in [0.717, 1.165) is 31.7 Å². The molecule has 3 nitrogen and oxygen atoms in total. The molecule has 0 N–H and O–H groups in total. The molecule has 0 unspecified atom stereocenters. The third-order valence-electron chi connectivity index (χ3n) is 3.15. The van der Waals surface area contributed by atoms with E-state index in [2.05, 4.69) is 63.2 Å². The number of hydrogen-bond acceptors (Lipinski definition) is 3. The van der Waals surface area contributed by atoms with E-state index in [-0.39, 0.29) is 0 Å². The summed E-state index contributed by atoms with van der Waals surface area (Å²) in [7, 11) is 6.23. The molecule has 0 aromatic heterocycles. The molecule has 1 aromatic rings. The molecule has 0 spiro atoms. The number of rotatable bonds is 7. The summed E-state index contributed by atoms with van der Waals surface area (Å²) in [5.74, 6) is 1.02. The Labute approximate surface area is 111 Å². The van der Waals surface area contributed by atoms with Gasteiger partial charge in [0, 0.05) is 27.7 Å². The summed E-state index contributed by atoms with van der Waals surface area (Å²) in [6.07, 6.45) is 2.24. The van der Waals surface area contributed by atoms with Crippen LogP contribution in [0.1, 0.15) is 24.0 Å². The largest absolute Gasteiger partial charge is 0.493 e. The molecule has 1 aromatic carbocycles. The van der Waals surface area contributed by atoms with Crippen LogP contribution in [0.5, 0.6) is 5.75 Å². The molecule has 0 radical (unpaired) electrons. The van der Waals surface area contributed by atoms with E-state index in [9.17, 15) is 0 Å². The van der Waals surface area contributed by atoms with E-state index >= 15 is 0 Å². The molecule has 18 heavy (non-hydrogen) atoms. The summed E-state index contributed by atoms with van der Waals surface area (Å²) in [4.78, 5) is 0. The summed E-state index contributed by atoms with van der Waals surface area (Å²) in [6.45, 7) is 6.07. The number of aryl methyl sites for hydroxylation is 2. The zero-order chi connectivity index (χ0) is 13.5. The van der Waals surface area contributed by atoms with Crippen molar-refractivity contribution in [2.24, 2.45) is 0 Å². The van der Waals surface area contributed by atoms with Gasteiger partial charge in [0.05, 0.1) is 6.61 Å². The number of unbranched alkanes of at least 4 members (excludes halogenated alkanes) is 1. The van der Waals surface area contributed by atoms with Gasteiger partial charge in [-0.25, -0.2) is 10.0 Å². The second-order valence-corrected chi connectivity index (χ2v) is 5.05. The highest BCUT2D eigenvalue weighted by atomic mass is 16.5. The Hall–Kier alpha value is -1.06. The summed E-state index contributed by atoms with van der Waals surface area (Å²) in [6, 6.07) is 6.33. The average molecular weight is 250 g/mol. The first kappa shape index (κ1) is 15.0. The van der Waals surface area contributed by atoms with E-state index < -0.39 is 0 Å². The van der Waals surface area contributed by atoms with Gasteiger partial charge >= 0.3 is 0 Å². The van der Waals surface area contributed by atoms with Crippen LogP contribution in [0.3, 0.4) is 0 Å². The second kappa shape index (κ2) is 7.39. The van der Waals surface area contributed by atoms with Crippen LogP contribution in [-0.2, 0) is 0 Å². The van der Waals surface area contributed by atoms with E-state index in [4.69, 9.17) is 4.74 Å². The van der Waals surface area contributed by atoms with Crippen molar-refractivity contribution in [3.8, 4) is 5.75 Å². The maximum Gasteiger partial charge on any atom is 0.122 e. The number of hydrogen-bond donors (Lipinski definition) is 0. The van der Waals surface area contributed by atoms with Gasteiger partial charge in [0.25, 0.3) is 0 Å². The van der Waals surface area contributed by atoms with Gasteiger partial charge in [-0.05, 0) is 38.3 Å². The topological polar surface area (TPSA) is 15.7 Å². The number of hydrazine groups is 1. The van der Waals surface area contributed by atoms with E-state index in [1.807, 2.05) is 0 Å². The molecular weight excluding hydrogens is 224 g/mol. The SMILES string of the molecule is Cc1ccc(OCCCCN(C)N(C)C)c(C)c1. The summed E-state index contributed by atoms with van der Waals surface area (Å²) >= 11 is 0. The highest BCUT2D eigenvalue weighted by Gasteiger charge is 2.01. The molecule has 0 aliphatic carbocycles. The standard InChI is InChI=1S/C15H26N2O/c1-13-8-9-15(14(2)12-13)18-11-7-6-10-17(5)16(3)4/h8-9,12H,6-7,10-11H2,1-5H3. The van der Waals surface area contributed by atoms with E-state index in [0.29, 0.717) is 0 Å². The summed E-state index contributed by atoms with van der Waals surface area (Å²) in [5.41, 5.74) is 2.51. The van der Waals surface area contributed by atoms with Gasteiger partial charge in [0.1, 0.15) is 5.75 Å². The highest BCUT2D eigenvalue weighted by Crippen LogP contribution is 2.18. The van der Waals surface area contributed by atoms with Crippen molar-refractivity contribution in [1.29, 1.82) is 0 Å². The Kier molecular flexibility index (Phi) is 6.16. The van der Waals surface area contributed by atoms with Crippen LogP contribution in [0, 0.1) is 13.8 Å². The lowest BCUT2D eigenvalue weighted by Gasteiger charge is -2.23. The van der Waals surface area contributed by atoms with Crippen LogP contribution in [0.4, 0.5) is 0 Å². The Bertz CT molecular complexity index is 364. The molecule has 0 aliphatic heterocycles. The van der Waals surface area contributed by atoms with Crippen LogP contribution in [0.25, 0.3) is 0 Å². The summed E-state index contributed by atoms with van der Waals surface area (Å²) in [5, 5.41) is 4.31. The lowest BCUT2D eigenvalue weighted by molar-refractivity contribution is 0.0533. The number of nitrogens with zero attached hydrogens (tertiary/aromatic N) is 2. The van der Waals surface area contributed by atoms with Crippen LogP contribution in [0.15, 0.2) is 18.2 Å². The quantitative estimate of drug-likeness (QED) is 0.546. The van der Waals surface area contributed by atoms with Crippen LogP contribution in [0.2, 0.25) is 0 Å². The fourth-order valence-electron chi connectivity index (χ4n) is 1.79. The van der Waals surface area contributed by atoms with Crippen LogP contribution >= 0.6 is 0 Å². The lowest BCUT2D eigenvalue weighted by Crippen LogP contribution is -2.33. The fraction of sp³-hybridized carbons (Fsp3) is 0.600. The number of benzene rings is 1. The second-order valence-electron chi connectivity index (χ2n) is 5.05. The van der Waals surface area contributed by atoms with Crippen molar-refractivity contribution in [1.82, 2.24) is 10.0 Å². The third kappa shape index (κ3) is 5.07. The molecule has 0 fully saturated rings. The lowest BCUT2D eigenvalue weighted by atomic mass is 10.1. The molecular formula is C15H26N2O. The van der Waals surface area contributed by atoms with Gasteiger partial charge in [-0.1, -0.05) is 17.7 Å². The van der Waals surface area contributed by atoms with Crippen molar-refractivity contribution in [2.75, 3.05) is 34.3 Å². The monoisotopic (exact) mass is 250 g/mol. The molecule has 3 heteroatoms. The van der Waals surface area contributed by atoms with Gasteiger partial charge < -0.3 is 4.74 Å².